The van der Waals surface area contributed by atoms with Crippen LogP contribution < -0.4 is 0 Å². The van der Waals surface area contributed by atoms with Crippen LogP contribution in [0.1, 0.15) is 37.8 Å². The maximum absolute atomic E-state index is 13.4. The SMILES string of the molecule is O=C1c2ccccc2S(=O)(=O)c2cc(C(=O)N(Cc3ccco3)Cc3ccco3)ccc21. The molecule has 0 fully saturated rings. The van der Waals surface area contributed by atoms with E-state index in [4.69, 9.17) is 8.83 Å². The molecule has 0 unspecified atom stereocenters. The zero-order chi connectivity index (χ0) is 22.3. The summed E-state index contributed by atoms with van der Waals surface area (Å²) in [6, 6.07) is 17.2. The van der Waals surface area contributed by atoms with Gasteiger partial charge in [-0.3, -0.25) is 9.59 Å². The predicted octanol–water partition coefficient (Wildman–Crippen LogP) is 4.09. The lowest BCUT2D eigenvalue weighted by Crippen LogP contribution is -2.30. The highest BCUT2D eigenvalue weighted by Crippen LogP contribution is 2.35. The van der Waals surface area contributed by atoms with Gasteiger partial charge in [-0.2, -0.15) is 0 Å². The molecule has 8 heteroatoms. The summed E-state index contributed by atoms with van der Waals surface area (Å²) in [5.74, 6) is 0.341. The molecular weight excluding hydrogens is 430 g/mol. The first-order chi connectivity index (χ1) is 15.4. The molecule has 2 aromatic carbocycles. The second-order valence-corrected chi connectivity index (χ2v) is 9.25. The van der Waals surface area contributed by atoms with Crippen LogP contribution >= 0.6 is 0 Å². The third-order valence-corrected chi connectivity index (χ3v) is 7.18. The third-order valence-electron chi connectivity index (χ3n) is 5.32. The van der Waals surface area contributed by atoms with Crippen LogP contribution in [0.5, 0.6) is 0 Å². The van der Waals surface area contributed by atoms with Crippen molar-refractivity contribution >= 4 is 21.5 Å². The number of sulfone groups is 1. The van der Waals surface area contributed by atoms with Crippen LogP contribution in [0.15, 0.2) is 97.9 Å². The van der Waals surface area contributed by atoms with Gasteiger partial charge in [0.2, 0.25) is 9.84 Å². The Kier molecular flexibility index (Phi) is 4.79. The smallest absolute Gasteiger partial charge is 0.254 e. The first kappa shape index (κ1) is 20.0. The van der Waals surface area contributed by atoms with Crippen molar-refractivity contribution in [3.05, 3.63) is 107 Å². The van der Waals surface area contributed by atoms with Gasteiger partial charge in [-0.05, 0) is 54.6 Å². The molecule has 32 heavy (non-hydrogen) atoms. The number of amides is 1. The van der Waals surface area contributed by atoms with E-state index in [1.165, 1.54) is 47.8 Å². The number of furan rings is 2. The van der Waals surface area contributed by atoms with E-state index < -0.39 is 15.7 Å². The summed E-state index contributed by atoms with van der Waals surface area (Å²) in [4.78, 5) is 27.5. The molecule has 0 N–H and O–H groups in total. The molecule has 1 amide bonds. The van der Waals surface area contributed by atoms with Crippen LogP contribution in [0.2, 0.25) is 0 Å². The summed E-state index contributed by atoms with van der Waals surface area (Å²) in [5, 5.41) is 0. The van der Waals surface area contributed by atoms with E-state index in [1.807, 2.05) is 0 Å². The maximum Gasteiger partial charge on any atom is 0.254 e. The highest BCUT2D eigenvalue weighted by atomic mass is 32.2. The largest absolute Gasteiger partial charge is 0.467 e. The molecule has 0 atom stereocenters. The van der Waals surface area contributed by atoms with Crippen LogP contribution in [-0.4, -0.2) is 25.0 Å². The fraction of sp³-hybridized carbons (Fsp3) is 0.0833. The van der Waals surface area contributed by atoms with E-state index in [2.05, 4.69) is 0 Å². The van der Waals surface area contributed by atoms with Gasteiger partial charge < -0.3 is 13.7 Å². The van der Waals surface area contributed by atoms with Gasteiger partial charge in [-0.25, -0.2) is 8.42 Å². The first-order valence-electron chi connectivity index (χ1n) is 9.82. The number of fused-ring (bicyclic) bond motifs is 2. The Bertz CT molecular complexity index is 1380. The number of carbonyl (C=O) groups is 2. The summed E-state index contributed by atoms with van der Waals surface area (Å²) in [7, 11) is -3.94. The van der Waals surface area contributed by atoms with E-state index in [0.717, 1.165) is 0 Å². The number of ketones is 1. The van der Waals surface area contributed by atoms with Crippen molar-refractivity contribution in [3.63, 3.8) is 0 Å². The zero-order valence-corrected chi connectivity index (χ0v) is 17.5. The van der Waals surface area contributed by atoms with Crippen LogP contribution in [0.25, 0.3) is 0 Å². The highest BCUT2D eigenvalue weighted by molar-refractivity contribution is 7.91. The molecule has 0 aliphatic carbocycles. The Hall–Kier alpha value is -3.91. The lowest BCUT2D eigenvalue weighted by atomic mass is 10.0. The van der Waals surface area contributed by atoms with E-state index in [1.54, 1.807) is 36.4 Å². The van der Waals surface area contributed by atoms with Gasteiger partial charge in [0.05, 0.1) is 35.4 Å². The lowest BCUT2D eigenvalue weighted by Gasteiger charge is -2.23. The Labute approximate surface area is 183 Å². The quantitative estimate of drug-likeness (QED) is 0.402. The fourth-order valence-corrected chi connectivity index (χ4v) is 5.46. The van der Waals surface area contributed by atoms with E-state index in [-0.39, 0.29) is 45.4 Å². The van der Waals surface area contributed by atoms with Crippen molar-refractivity contribution in [2.45, 2.75) is 22.9 Å². The molecule has 0 saturated heterocycles. The fourth-order valence-electron chi connectivity index (χ4n) is 3.78. The molecule has 0 saturated carbocycles. The Morgan fingerprint density at radius 3 is 2.03 bits per heavy atom. The molecule has 5 rings (SSSR count). The predicted molar refractivity (Wildman–Crippen MR) is 113 cm³/mol. The van der Waals surface area contributed by atoms with Gasteiger partial charge in [0.25, 0.3) is 5.91 Å². The molecule has 4 aromatic rings. The summed E-state index contributed by atoms with van der Waals surface area (Å²) < 4.78 is 37.1. The molecule has 0 spiro atoms. The van der Waals surface area contributed by atoms with Crippen molar-refractivity contribution in [1.29, 1.82) is 0 Å². The van der Waals surface area contributed by atoms with Crippen molar-refractivity contribution in [2.24, 2.45) is 0 Å². The summed E-state index contributed by atoms with van der Waals surface area (Å²) in [5.41, 5.74) is 0.345. The van der Waals surface area contributed by atoms with Gasteiger partial charge in [-0.15, -0.1) is 0 Å². The Morgan fingerprint density at radius 1 is 0.781 bits per heavy atom. The average molecular weight is 447 g/mol. The minimum absolute atomic E-state index is 0.0508. The second kappa shape index (κ2) is 7.65. The van der Waals surface area contributed by atoms with Gasteiger partial charge in [0.15, 0.2) is 5.78 Å². The summed E-state index contributed by atoms with van der Waals surface area (Å²) in [6.07, 6.45) is 3.03. The zero-order valence-electron chi connectivity index (χ0n) is 16.7. The molecule has 0 bridgehead atoms. The van der Waals surface area contributed by atoms with E-state index in [0.29, 0.717) is 11.5 Å². The summed E-state index contributed by atoms with van der Waals surface area (Å²) in [6.45, 7) is 0.330. The monoisotopic (exact) mass is 447 g/mol. The minimum atomic E-state index is -3.94. The normalized spacial score (nSPS) is 13.9. The topological polar surface area (TPSA) is 97.8 Å². The van der Waals surface area contributed by atoms with E-state index >= 15 is 0 Å². The first-order valence-corrected chi connectivity index (χ1v) is 11.3. The van der Waals surface area contributed by atoms with Gasteiger partial charge in [-0.1, -0.05) is 12.1 Å². The van der Waals surface area contributed by atoms with Crippen LogP contribution in [0.3, 0.4) is 0 Å². The molecule has 7 nitrogen and oxygen atoms in total. The van der Waals surface area contributed by atoms with Crippen LogP contribution in [0, 0.1) is 0 Å². The lowest BCUT2D eigenvalue weighted by molar-refractivity contribution is 0.0704. The highest BCUT2D eigenvalue weighted by Gasteiger charge is 2.35. The number of hydrogen-bond donors (Lipinski definition) is 0. The average Bonchev–Trinajstić information content (AvgIpc) is 3.51. The van der Waals surface area contributed by atoms with Crippen LogP contribution in [0.4, 0.5) is 0 Å². The third kappa shape index (κ3) is 3.34. The molecule has 2 aromatic heterocycles. The van der Waals surface area contributed by atoms with Gasteiger partial charge in [0, 0.05) is 16.7 Å². The molecule has 160 valence electrons. The second-order valence-electron chi connectivity index (χ2n) is 7.36. The van der Waals surface area contributed by atoms with Crippen molar-refractivity contribution in [1.82, 2.24) is 4.90 Å². The van der Waals surface area contributed by atoms with E-state index in [9.17, 15) is 18.0 Å². The number of carbonyl (C=O) groups excluding carboxylic acids is 2. The molecule has 1 aliphatic rings. The van der Waals surface area contributed by atoms with Crippen molar-refractivity contribution in [2.75, 3.05) is 0 Å². The number of benzene rings is 2. The number of nitrogens with zero attached hydrogens (tertiary/aromatic N) is 1. The van der Waals surface area contributed by atoms with Crippen LogP contribution in [-0.2, 0) is 22.9 Å². The number of rotatable bonds is 5. The van der Waals surface area contributed by atoms with Gasteiger partial charge in [0.1, 0.15) is 11.5 Å². The molecule has 1 aliphatic heterocycles. The standard InChI is InChI=1S/C24H17NO6S/c26-23-19-7-1-2-8-21(19)32(28,29)22-13-16(9-10-20(22)23)24(27)25(14-17-5-3-11-30-17)15-18-6-4-12-31-18/h1-13H,14-15H2. The maximum atomic E-state index is 13.4. The molecular formula is C24H17NO6S. The minimum Gasteiger partial charge on any atom is -0.467 e. The van der Waals surface area contributed by atoms with Gasteiger partial charge >= 0.3 is 0 Å². The Balaban J connectivity index is 1.55. The Morgan fingerprint density at radius 2 is 1.41 bits per heavy atom. The molecule has 3 heterocycles. The summed E-state index contributed by atoms with van der Waals surface area (Å²) >= 11 is 0. The molecule has 0 radical (unpaired) electrons. The van der Waals surface area contributed by atoms with Crippen molar-refractivity contribution < 1.29 is 26.8 Å². The van der Waals surface area contributed by atoms with Crippen molar-refractivity contribution in [3.8, 4) is 0 Å². The number of hydrogen-bond acceptors (Lipinski definition) is 6.